The second-order valence-electron chi connectivity index (χ2n) is 9.33. The second kappa shape index (κ2) is 22.5. The van der Waals surface area contributed by atoms with Gasteiger partial charge in [-0.1, -0.05) is 51.4 Å². The standard InChI is InChI=1S/C25H46N4O8/c26-29-20(25(36)37)13-11-12-18-27-21(30)17-16-19(24(34)35)28-22(31)14-9-7-5-3-1-2-4-6-8-10-15-23(32)33/h19-20,29H,1-18,26H2,(H,27,30)(H,28,31)(H,32,33)(H,34,35)(H,36,37). The van der Waals surface area contributed by atoms with E-state index in [0.29, 0.717) is 32.2 Å². The number of hydrazine groups is 1. The average molecular weight is 531 g/mol. The molecule has 12 heteroatoms. The molecule has 0 aromatic carbocycles. The van der Waals surface area contributed by atoms with Crippen LogP contribution in [0.4, 0.5) is 0 Å². The summed E-state index contributed by atoms with van der Waals surface area (Å²) in [5, 5.41) is 32.0. The van der Waals surface area contributed by atoms with Crippen molar-refractivity contribution < 1.29 is 39.3 Å². The number of hydrogen-bond acceptors (Lipinski definition) is 7. The lowest BCUT2D eigenvalue weighted by Crippen LogP contribution is -2.41. The van der Waals surface area contributed by atoms with Crippen molar-refractivity contribution in [2.45, 2.75) is 121 Å². The fraction of sp³-hybridized carbons (Fsp3) is 0.800. The number of nitrogens with one attached hydrogen (secondary N) is 3. The molecule has 12 nitrogen and oxygen atoms in total. The summed E-state index contributed by atoms with van der Waals surface area (Å²) in [6.07, 6.45) is 11.6. The van der Waals surface area contributed by atoms with E-state index in [1.54, 1.807) is 0 Å². The zero-order valence-electron chi connectivity index (χ0n) is 21.8. The predicted octanol–water partition coefficient (Wildman–Crippen LogP) is 2.30. The molecule has 0 aromatic heterocycles. The Bertz CT molecular complexity index is 690. The van der Waals surface area contributed by atoms with E-state index in [2.05, 4.69) is 16.1 Å². The first kappa shape index (κ1) is 34.3. The maximum Gasteiger partial charge on any atom is 0.326 e. The number of carbonyl (C=O) groups is 5. The normalized spacial score (nSPS) is 12.5. The van der Waals surface area contributed by atoms with Crippen LogP contribution in [-0.2, 0) is 24.0 Å². The van der Waals surface area contributed by atoms with Crippen LogP contribution < -0.4 is 21.9 Å². The fourth-order valence-corrected chi connectivity index (χ4v) is 3.84. The molecule has 2 atom stereocenters. The lowest BCUT2D eigenvalue weighted by Gasteiger charge is -2.14. The number of carbonyl (C=O) groups excluding carboxylic acids is 2. The first-order valence-electron chi connectivity index (χ1n) is 13.4. The zero-order valence-corrected chi connectivity index (χ0v) is 21.8. The van der Waals surface area contributed by atoms with Gasteiger partial charge in [-0.3, -0.25) is 25.0 Å². The van der Waals surface area contributed by atoms with E-state index in [4.69, 9.17) is 16.1 Å². The molecule has 0 aliphatic carbocycles. The van der Waals surface area contributed by atoms with Crippen LogP contribution in [0.5, 0.6) is 0 Å². The lowest BCUT2D eigenvalue weighted by molar-refractivity contribution is -0.142. The summed E-state index contributed by atoms with van der Waals surface area (Å²) in [4.78, 5) is 56.8. The van der Waals surface area contributed by atoms with Gasteiger partial charge in [0.25, 0.3) is 0 Å². The summed E-state index contributed by atoms with van der Waals surface area (Å²) in [6, 6.07) is -1.96. The average Bonchev–Trinajstić information content (AvgIpc) is 2.83. The van der Waals surface area contributed by atoms with Crippen LogP contribution in [0, 0.1) is 0 Å². The summed E-state index contributed by atoms with van der Waals surface area (Å²) in [6.45, 7) is 0.340. The van der Waals surface area contributed by atoms with Crippen LogP contribution in [-0.4, -0.2) is 63.7 Å². The molecular formula is C25H46N4O8. The minimum Gasteiger partial charge on any atom is -0.481 e. The molecule has 0 aliphatic rings. The van der Waals surface area contributed by atoms with Gasteiger partial charge in [-0.25, -0.2) is 10.2 Å². The van der Waals surface area contributed by atoms with Crippen LogP contribution in [0.15, 0.2) is 0 Å². The molecule has 0 radical (unpaired) electrons. The molecule has 0 saturated carbocycles. The van der Waals surface area contributed by atoms with Gasteiger partial charge in [-0.2, -0.15) is 0 Å². The Morgan fingerprint density at radius 1 is 0.568 bits per heavy atom. The molecule has 0 aromatic rings. The predicted molar refractivity (Wildman–Crippen MR) is 137 cm³/mol. The Hall–Kier alpha value is -2.73. The van der Waals surface area contributed by atoms with Crippen molar-refractivity contribution in [1.82, 2.24) is 16.1 Å². The van der Waals surface area contributed by atoms with E-state index in [9.17, 15) is 29.1 Å². The third-order valence-corrected chi connectivity index (χ3v) is 6.08. The smallest absolute Gasteiger partial charge is 0.326 e. The lowest BCUT2D eigenvalue weighted by atomic mass is 10.0. The Balaban J connectivity index is 3.84. The molecular weight excluding hydrogens is 484 g/mol. The largest absolute Gasteiger partial charge is 0.481 e. The van der Waals surface area contributed by atoms with E-state index in [0.717, 1.165) is 57.8 Å². The molecule has 0 fully saturated rings. The molecule has 8 N–H and O–H groups in total. The number of hydrogen-bond donors (Lipinski definition) is 7. The SMILES string of the molecule is NNC(CCCCNC(=O)CCC(NC(=O)CCCCCCCCCCCCC(=O)O)C(=O)O)C(=O)O. The van der Waals surface area contributed by atoms with Gasteiger partial charge in [0.1, 0.15) is 12.1 Å². The maximum atomic E-state index is 12.1. The zero-order chi connectivity index (χ0) is 27.9. The van der Waals surface area contributed by atoms with Crippen molar-refractivity contribution in [3.05, 3.63) is 0 Å². The molecule has 0 heterocycles. The first-order valence-corrected chi connectivity index (χ1v) is 13.4. The highest BCUT2D eigenvalue weighted by Crippen LogP contribution is 2.12. The van der Waals surface area contributed by atoms with Gasteiger partial charge < -0.3 is 26.0 Å². The van der Waals surface area contributed by atoms with Crippen LogP contribution in [0.1, 0.15) is 109 Å². The minimum absolute atomic E-state index is 0.0125. The summed E-state index contributed by atoms with van der Waals surface area (Å²) >= 11 is 0. The van der Waals surface area contributed by atoms with Gasteiger partial charge in [-0.05, 0) is 38.5 Å². The molecule has 2 amide bonds. The number of carboxylic acid groups (broad SMARTS) is 3. The van der Waals surface area contributed by atoms with Crippen molar-refractivity contribution in [1.29, 1.82) is 0 Å². The van der Waals surface area contributed by atoms with E-state index in [-0.39, 0.29) is 37.5 Å². The molecule has 2 unspecified atom stereocenters. The third-order valence-electron chi connectivity index (χ3n) is 6.08. The fourth-order valence-electron chi connectivity index (χ4n) is 3.84. The number of nitrogens with two attached hydrogens (primary N) is 1. The molecule has 0 saturated heterocycles. The first-order chi connectivity index (χ1) is 17.7. The van der Waals surface area contributed by atoms with Crippen molar-refractivity contribution in [2.75, 3.05) is 6.54 Å². The number of carboxylic acids is 3. The van der Waals surface area contributed by atoms with Gasteiger partial charge in [-0.15, -0.1) is 0 Å². The van der Waals surface area contributed by atoms with Crippen LogP contribution >= 0.6 is 0 Å². The highest BCUT2D eigenvalue weighted by Gasteiger charge is 2.21. The summed E-state index contributed by atoms with van der Waals surface area (Å²) in [5.74, 6) is 1.52. The number of aliphatic carboxylic acids is 3. The maximum absolute atomic E-state index is 12.1. The Morgan fingerprint density at radius 3 is 1.57 bits per heavy atom. The molecule has 0 rings (SSSR count). The van der Waals surface area contributed by atoms with E-state index in [1.165, 1.54) is 0 Å². The minimum atomic E-state index is -1.18. The van der Waals surface area contributed by atoms with Gasteiger partial charge in [0.2, 0.25) is 11.8 Å². The van der Waals surface area contributed by atoms with Crippen LogP contribution in [0.3, 0.4) is 0 Å². The monoisotopic (exact) mass is 530 g/mol. The highest BCUT2D eigenvalue weighted by molar-refractivity contribution is 5.84. The molecule has 0 spiro atoms. The Morgan fingerprint density at radius 2 is 1.08 bits per heavy atom. The Labute approximate surface area is 219 Å². The van der Waals surface area contributed by atoms with Gasteiger partial charge in [0.05, 0.1) is 0 Å². The summed E-state index contributed by atoms with van der Waals surface area (Å²) < 4.78 is 0. The second-order valence-corrected chi connectivity index (χ2v) is 9.33. The topological polar surface area (TPSA) is 208 Å². The third kappa shape index (κ3) is 21.1. The molecule has 37 heavy (non-hydrogen) atoms. The molecule has 0 bridgehead atoms. The highest BCUT2D eigenvalue weighted by atomic mass is 16.4. The van der Waals surface area contributed by atoms with Crippen LogP contribution in [0.25, 0.3) is 0 Å². The summed E-state index contributed by atoms with van der Waals surface area (Å²) in [7, 11) is 0. The number of rotatable bonds is 25. The van der Waals surface area contributed by atoms with E-state index >= 15 is 0 Å². The quantitative estimate of drug-likeness (QED) is 0.0520. The number of unbranched alkanes of at least 4 members (excludes halogenated alkanes) is 10. The van der Waals surface area contributed by atoms with Crippen molar-refractivity contribution in [3.63, 3.8) is 0 Å². The summed E-state index contributed by atoms with van der Waals surface area (Å²) in [5.41, 5.74) is 2.21. The van der Waals surface area contributed by atoms with Crippen molar-refractivity contribution in [2.24, 2.45) is 5.84 Å². The van der Waals surface area contributed by atoms with Crippen molar-refractivity contribution in [3.8, 4) is 0 Å². The Kier molecular flexibility index (Phi) is 20.8. The van der Waals surface area contributed by atoms with Gasteiger partial charge in [0, 0.05) is 25.8 Å². The van der Waals surface area contributed by atoms with Gasteiger partial charge in [0.15, 0.2) is 0 Å². The van der Waals surface area contributed by atoms with E-state index < -0.39 is 30.0 Å². The van der Waals surface area contributed by atoms with E-state index in [1.807, 2.05) is 0 Å². The van der Waals surface area contributed by atoms with Crippen LogP contribution in [0.2, 0.25) is 0 Å². The molecule has 0 aliphatic heterocycles. The van der Waals surface area contributed by atoms with Gasteiger partial charge >= 0.3 is 17.9 Å². The van der Waals surface area contributed by atoms with Crippen molar-refractivity contribution >= 4 is 29.7 Å². The molecule has 214 valence electrons. The number of amides is 2.